The van der Waals surface area contributed by atoms with Crippen LogP contribution in [0.1, 0.15) is 24.4 Å². The van der Waals surface area contributed by atoms with Crippen molar-refractivity contribution in [1.29, 1.82) is 0 Å². The van der Waals surface area contributed by atoms with E-state index in [9.17, 15) is 4.79 Å². The van der Waals surface area contributed by atoms with Crippen molar-refractivity contribution in [2.75, 3.05) is 26.7 Å². The van der Waals surface area contributed by atoms with Gasteiger partial charge in [0.2, 0.25) is 5.91 Å². The molecule has 1 fully saturated rings. The van der Waals surface area contributed by atoms with Gasteiger partial charge in [-0.05, 0) is 49.7 Å². The summed E-state index contributed by atoms with van der Waals surface area (Å²) < 4.78 is 6.98. The van der Waals surface area contributed by atoms with Gasteiger partial charge in [0.1, 0.15) is 12.3 Å². The Hall–Kier alpha value is -2.34. The van der Waals surface area contributed by atoms with Crippen molar-refractivity contribution in [3.8, 4) is 5.75 Å². The van der Waals surface area contributed by atoms with Gasteiger partial charge in [-0.1, -0.05) is 12.1 Å². The average molecular weight is 328 g/mol. The Morgan fingerprint density at radius 3 is 2.88 bits per heavy atom. The van der Waals surface area contributed by atoms with Crippen LogP contribution in [0.4, 0.5) is 0 Å². The third-order valence-electron chi connectivity index (χ3n) is 4.42. The molecular weight excluding hydrogens is 304 g/mol. The van der Waals surface area contributed by atoms with E-state index in [1.807, 2.05) is 18.2 Å². The Balaban J connectivity index is 1.66. The summed E-state index contributed by atoms with van der Waals surface area (Å²) >= 11 is 0. The molecule has 0 unspecified atom stereocenters. The minimum Gasteiger partial charge on any atom is -0.497 e. The molecule has 1 aromatic heterocycles. The quantitative estimate of drug-likeness (QED) is 0.843. The van der Waals surface area contributed by atoms with E-state index in [1.165, 1.54) is 18.4 Å². The SMILES string of the molecule is COc1cccc([C@H](CNC(=O)Cn2cccn2)N2CCCC2)c1. The van der Waals surface area contributed by atoms with E-state index in [1.54, 1.807) is 24.2 Å². The molecule has 2 heterocycles. The number of nitrogens with one attached hydrogen (secondary N) is 1. The Bertz CT molecular complexity index is 651. The number of nitrogens with zero attached hydrogens (tertiary/aromatic N) is 3. The van der Waals surface area contributed by atoms with Crippen molar-refractivity contribution >= 4 is 5.91 Å². The summed E-state index contributed by atoms with van der Waals surface area (Å²) in [5, 5.41) is 7.12. The number of likely N-dealkylation sites (tertiary alicyclic amines) is 1. The number of hydrogen-bond acceptors (Lipinski definition) is 4. The van der Waals surface area contributed by atoms with Gasteiger partial charge in [-0.2, -0.15) is 5.10 Å². The lowest BCUT2D eigenvalue weighted by molar-refractivity contribution is -0.122. The average Bonchev–Trinajstić information content (AvgIpc) is 3.29. The number of hydrogen-bond donors (Lipinski definition) is 1. The number of aromatic nitrogens is 2. The van der Waals surface area contributed by atoms with Gasteiger partial charge in [0.25, 0.3) is 0 Å². The Kier molecular flexibility index (Phi) is 5.48. The lowest BCUT2D eigenvalue weighted by Gasteiger charge is -2.28. The van der Waals surface area contributed by atoms with Gasteiger partial charge in [-0.15, -0.1) is 0 Å². The zero-order valence-corrected chi connectivity index (χ0v) is 14.0. The highest BCUT2D eigenvalue weighted by atomic mass is 16.5. The zero-order chi connectivity index (χ0) is 16.8. The number of amides is 1. The topological polar surface area (TPSA) is 59.4 Å². The summed E-state index contributed by atoms with van der Waals surface area (Å²) in [6.07, 6.45) is 5.89. The molecule has 6 nitrogen and oxygen atoms in total. The summed E-state index contributed by atoms with van der Waals surface area (Å²) in [5.41, 5.74) is 1.18. The Morgan fingerprint density at radius 2 is 2.17 bits per heavy atom. The maximum Gasteiger partial charge on any atom is 0.241 e. The second kappa shape index (κ2) is 7.97. The van der Waals surface area contributed by atoms with Crippen LogP contribution in [0, 0.1) is 0 Å². The first-order chi connectivity index (χ1) is 11.8. The second-order valence-corrected chi connectivity index (χ2v) is 6.04. The van der Waals surface area contributed by atoms with Gasteiger partial charge in [0, 0.05) is 18.9 Å². The molecule has 0 bridgehead atoms. The largest absolute Gasteiger partial charge is 0.497 e. The number of carbonyl (C=O) groups is 1. The molecule has 1 aromatic carbocycles. The predicted molar refractivity (Wildman–Crippen MR) is 91.8 cm³/mol. The molecule has 1 aliphatic heterocycles. The molecule has 24 heavy (non-hydrogen) atoms. The van der Waals surface area contributed by atoms with Crippen LogP contribution >= 0.6 is 0 Å². The highest BCUT2D eigenvalue weighted by Crippen LogP contribution is 2.27. The van der Waals surface area contributed by atoms with Crippen molar-refractivity contribution in [3.05, 3.63) is 48.3 Å². The number of rotatable bonds is 7. The van der Waals surface area contributed by atoms with E-state index >= 15 is 0 Å². The van der Waals surface area contributed by atoms with Crippen LogP contribution in [0.5, 0.6) is 5.75 Å². The first-order valence-electron chi connectivity index (χ1n) is 8.38. The number of ether oxygens (including phenoxy) is 1. The minimum absolute atomic E-state index is 0.0224. The normalized spacial score (nSPS) is 16.0. The van der Waals surface area contributed by atoms with E-state index in [0.717, 1.165) is 18.8 Å². The molecule has 3 rings (SSSR count). The molecule has 1 atom stereocenters. The summed E-state index contributed by atoms with van der Waals surface area (Å²) in [4.78, 5) is 14.6. The van der Waals surface area contributed by atoms with Crippen LogP contribution < -0.4 is 10.1 Å². The fraction of sp³-hybridized carbons (Fsp3) is 0.444. The molecule has 1 aliphatic rings. The molecule has 0 aliphatic carbocycles. The molecule has 1 amide bonds. The maximum absolute atomic E-state index is 12.2. The first-order valence-corrected chi connectivity index (χ1v) is 8.38. The molecule has 1 N–H and O–H groups in total. The van der Waals surface area contributed by atoms with E-state index < -0.39 is 0 Å². The number of benzene rings is 1. The zero-order valence-electron chi connectivity index (χ0n) is 14.0. The summed E-state index contributed by atoms with van der Waals surface area (Å²) in [5.74, 6) is 0.824. The van der Waals surface area contributed by atoms with Crippen molar-refractivity contribution in [1.82, 2.24) is 20.0 Å². The Labute approximate surface area is 142 Å². The standard InChI is InChI=1S/C18H24N4O2/c1-24-16-7-4-6-15(12-16)17(21-9-2-3-10-21)13-19-18(23)14-22-11-5-8-20-22/h4-8,11-12,17H,2-3,9-10,13-14H2,1H3,(H,19,23)/t17-/m0/s1. The molecule has 6 heteroatoms. The lowest BCUT2D eigenvalue weighted by atomic mass is 10.0. The van der Waals surface area contributed by atoms with Gasteiger partial charge in [0.15, 0.2) is 0 Å². The fourth-order valence-corrected chi connectivity index (χ4v) is 3.17. The molecule has 1 saturated heterocycles. The molecule has 0 saturated carbocycles. The fourth-order valence-electron chi connectivity index (χ4n) is 3.17. The van der Waals surface area contributed by atoms with E-state index in [0.29, 0.717) is 6.54 Å². The van der Waals surface area contributed by atoms with Gasteiger partial charge in [-0.25, -0.2) is 0 Å². The number of carbonyl (C=O) groups excluding carboxylic acids is 1. The maximum atomic E-state index is 12.2. The van der Waals surface area contributed by atoms with Crippen molar-refractivity contribution in [2.45, 2.75) is 25.4 Å². The van der Waals surface area contributed by atoms with Crippen LogP contribution in [0.15, 0.2) is 42.7 Å². The molecule has 0 radical (unpaired) electrons. The molecule has 2 aromatic rings. The third-order valence-corrected chi connectivity index (χ3v) is 4.42. The summed E-state index contributed by atoms with van der Waals surface area (Å²) in [6, 6.07) is 10.1. The lowest BCUT2D eigenvalue weighted by Crippen LogP contribution is -2.38. The van der Waals surface area contributed by atoms with Crippen molar-refractivity contribution in [3.63, 3.8) is 0 Å². The van der Waals surface area contributed by atoms with Crippen LogP contribution in [0.3, 0.4) is 0 Å². The minimum atomic E-state index is -0.0224. The van der Waals surface area contributed by atoms with Gasteiger partial charge in [-0.3, -0.25) is 14.4 Å². The van der Waals surface area contributed by atoms with Crippen molar-refractivity contribution in [2.24, 2.45) is 0 Å². The third kappa shape index (κ3) is 4.14. The van der Waals surface area contributed by atoms with Gasteiger partial charge >= 0.3 is 0 Å². The van der Waals surface area contributed by atoms with Crippen LogP contribution in [0.2, 0.25) is 0 Å². The van der Waals surface area contributed by atoms with Gasteiger partial charge in [0.05, 0.1) is 13.2 Å². The highest BCUT2D eigenvalue weighted by molar-refractivity contribution is 5.75. The van der Waals surface area contributed by atoms with Crippen molar-refractivity contribution < 1.29 is 9.53 Å². The molecule has 0 spiro atoms. The Morgan fingerprint density at radius 1 is 1.33 bits per heavy atom. The predicted octanol–water partition coefficient (Wildman–Crippen LogP) is 1.84. The number of methoxy groups -OCH3 is 1. The van der Waals surface area contributed by atoms with E-state index in [2.05, 4.69) is 27.4 Å². The monoisotopic (exact) mass is 328 g/mol. The first kappa shape index (κ1) is 16.5. The molecule has 128 valence electrons. The van der Waals surface area contributed by atoms with Crippen LogP contribution in [-0.4, -0.2) is 47.3 Å². The van der Waals surface area contributed by atoms with E-state index in [-0.39, 0.29) is 18.5 Å². The summed E-state index contributed by atoms with van der Waals surface area (Å²) in [6.45, 7) is 2.97. The smallest absolute Gasteiger partial charge is 0.241 e. The van der Waals surface area contributed by atoms with Crippen LogP contribution in [-0.2, 0) is 11.3 Å². The molecular formula is C18H24N4O2. The van der Waals surface area contributed by atoms with E-state index in [4.69, 9.17) is 4.74 Å². The second-order valence-electron chi connectivity index (χ2n) is 6.04. The van der Waals surface area contributed by atoms with Crippen LogP contribution in [0.25, 0.3) is 0 Å². The van der Waals surface area contributed by atoms with Gasteiger partial charge < -0.3 is 10.1 Å². The highest BCUT2D eigenvalue weighted by Gasteiger charge is 2.24. The summed E-state index contributed by atoms with van der Waals surface area (Å²) in [7, 11) is 1.68.